The second kappa shape index (κ2) is 6.46. The number of rotatable bonds is 7. The van der Waals surface area contributed by atoms with Gasteiger partial charge in [-0.15, -0.1) is 0 Å². The predicted molar refractivity (Wildman–Crippen MR) is 74.5 cm³/mol. The molecule has 1 aromatic rings. The smallest absolute Gasteiger partial charge is 0.126 e. The van der Waals surface area contributed by atoms with Crippen LogP contribution in [0.3, 0.4) is 0 Å². The lowest BCUT2D eigenvalue weighted by Gasteiger charge is -2.31. The lowest BCUT2D eigenvalue weighted by molar-refractivity contribution is 0.115. The molecule has 1 aliphatic rings. The highest BCUT2D eigenvalue weighted by Gasteiger charge is 2.33. The van der Waals surface area contributed by atoms with Crippen LogP contribution in [0, 0.1) is 12.7 Å². The van der Waals surface area contributed by atoms with Crippen LogP contribution in [0.1, 0.15) is 30.0 Å². The lowest BCUT2D eigenvalue weighted by Crippen LogP contribution is -2.37. The maximum Gasteiger partial charge on any atom is 0.126 e. The highest BCUT2D eigenvalue weighted by atomic mass is 19.1. The molecule has 1 atom stereocenters. The van der Waals surface area contributed by atoms with Gasteiger partial charge in [-0.25, -0.2) is 4.39 Å². The molecule has 2 rings (SSSR count). The van der Waals surface area contributed by atoms with Crippen LogP contribution in [-0.2, 0) is 4.74 Å². The van der Waals surface area contributed by atoms with Crippen molar-refractivity contribution < 1.29 is 9.13 Å². The first-order chi connectivity index (χ1) is 9.17. The van der Waals surface area contributed by atoms with E-state index >= 15 is 0 Å². The predicted octanol–water partition coefficient (Wildman–Crippen LogP) is 2.24. The minimum Gasteiger partial charge on any atom is -0.383 e. The van der Waals surface area contributed by atoms with E-state index in [0.29, 0.717) is 24.8 Å². The number of ether oxygens (including phenoxy) is 1. The molecular weight excluding hydrogens is 243 g/mol. The highest BCUT2D eigenvalue weighted by molar-refractivity contribution is 5.27. The molecule has 4 heteroatoms. The molecule has 1 aromatic carbocycles. The molecular formula is C15H23FN2O. The molecule has 1 fully saturated rings. The number of nitrogens with zero attached hydrogens (tertiary/aromatic N) is 1. The molecule has 2 N–H and O–H groups in total. The Morgan fingerprint density at radius 2 is 2.21 bits per heavy atom. The van der Waals surface area contributed by atoms with Crippen LogP contribution in [-0.4, -0.2) is 37.7 Å². The van der Waals surface area contributed by atoms with Gasteiger partial charge in [0.15, 0.2) is 0 Å². The van der Waals surface area contributed by atoms with Crippen molar-refractivity contribution in [2.24, 2.45) is 5.73 Å². The zero-order chi connectivity index (χ0) is 13.8. The van der Waals surface area contributed by atoms with Gasteiger partial charge in [0.05, 0.1) is 6.61 Å². The quantitative estimate of drug-likeness (QED) is 0.822. The number of hydrogen-bond acceptors (Lipinski definition) is 3. The Hall–Kier alpha value is -0.970. The molecule has 0 radical (unpaired) electrons. The fraction of sp³-hybridized carbons (Fsp3) is 0.600. The molecule has 0 bridgehead atoms. The van der Waals surface area contributed by atoms with Crippen LogP contribution < -0.4 is 5.73 Å². The normalized spacial score (nSPS) is 16.9. The molecule has 0 spiro atoms. The van der Waals surface area contributed by atoms with Gasteiger partial charge in [0.25, 0.3) is 0 Å². The lowest BCUT2D eigenvalue weighted by atomic mass is 10.0. The van der Waals surface area contributed by atoms with Crippen LogP contribution in [0.2, 0.25) is 0 Å². The fourth-order valence-electron chi connectivity index (χ4n) is 2.53. The van der Waals surface area contributed by atoms with E-state index in [2.05, 4.69) is 4.90 Å². The van der Waals surface area contributed by atoms with Crippen LogP contribution in [0.5, 0.6) is 0 Å². The standard InChI is InChI=1S/C15H23FN2O/c1-11-9-12(3-6-14(11)16)15(10-17)18(7-8-19-2)13-4-5-13/h3,6,9,13,15H,4-5,7-8,10,17H2,1-2H3. The van der Waals surface area contributed by atoms with Crippen LogP contribution in [0.25, 0.3) is 0 Å². The van der Waals surface area contributed by atoms with Crippen molar-refractivity contribution in [3.05, 3.63) is 35.1 Å². The summed E-state index contributed by atoms with van der Waals surface area (Å²) < 4.78 is 18.6. The van der Waals surface area contributed by atoms with Gasteiger partial charge in [0.2, 0.25) is 0 Å². The molecule has 0 heterocycles. The second-order valence-electron chi connectivity index (χ2n) is 5.22. The van der Waals surface area contributed by atoms with E-state index in [1.165, 1.54) is 18.9 Å². The second-order valence-corrected chi connectivity index (χ2v) is 5.22. The number of aryl methyl sites for hydroxylation is 1. The van der Waals surface area contributed by atoms with Crippen molar-refractivity contribution in [2.45, 2.75) is 31.8 Å². The minimum atomic E-state index is -0.158. The Balaban J connectivity index is 2.17. The van der Waals surface area contributed by atoms with Crippen molar-refractivity contribution in [1.82, 2.24) is 4.90 Å². The number of nitrogens with two attached hydrogens (primary N) is 1. The van der Waals surface area contributed by atoms with Crippen molar-refractivity contribution >= 4 is 0 Å². The summed E-state index contributed by atoms with van der Waals surface area (Å²) in [5.41, 5.74) is 7.74. The van der Waals surface area contributed by atoms with Gasteiger partial charge in [-0.2, -0.15) is 0 Å². The van der Waals surface area contributed by atoms with E-state index in [9.17, 15) is 4.39 Å². The number of hydrogen-bond donors (Lipinski definition) is 1. The summed E-state index contributed by atoms with van der Waals surface area (Å²) in [7, 11) is 1.71. The van der Waals surface area contributed by atoms with E-state index in [1.807, 2.05) is 12.1 Å². The third kappa shape index (κ3) is 3.53. The summed E-state index contributed by atoms with van der Waals surface area (Å²) in [6, 6.07) is 6.06. The number of methoxy groups -OCH3 is 1. The van der Waals surface area contributed by atoms with Gasteiger partial charge in [0.1, 0.15) is 5.82 Å². The maximum atomic E-state index is 13.4. The topological polar surface area (TPSA) is 38.5 Å². The van der Waals surface area contributed by atoms with Crippen molar-refractivity contribution in [3.63, 3.8) is 0 Å². The van der Waals surface area contributed by atoms with Crippen LogP contribution >= 0.6 is 0 Å². The summed E-state index contributed by atoms with van der Waals surface area (Å²) in [4.78, 5) is 2.40. The van der Waals surface area contributed by atoms with Crippen molar-refractivity contribution in [3.8, 4) is 0 Å². The average molecular weight is 266 g/mol. The van der Waals surface area contributed by atoms with Gasteiger partial charge in [-0.05, 0) is 37.0 Å². The van der Waals surface area contributed by atoms with Crippen LogP contribution in [0.15, 0.2) is 18.2 Å². The first kappa shape index (κ1) is 14.4. The van der Waals surface area contributed by atoms with E-state index in [1.54, 1.807) is 14.0 Å². The van der Waals surface area contributed by atoms with Gasteiger partial charge in [0, 0.05) is 32.3 Å². The van der Waals surface area contributed by atoms with E-state index < -0.39 is 0 Å². The monoisotopic (exact) mass is 266 g/mol. The van der Waals surface area contributed by atoms with Crippen LogP contribution in [0.4, 0.5) is 4.39 Å². The Morgan fingerprint density at radius 1 is 1.47 bits per heavy atom. The molecule has 1 saturated carbocycles. The average Bonchev–Trinajstić information content (AvgIpc) is 3.22. The molecule has 3 nitrogen and oxygen atoms in total. The molecule has 19 heavy (non-hydrogen) atoms. The highest BCUT2D eigenvalue weighted by Crippen LogP contribution is 2.34. The van der Waals surface area contributed by atoms with E-state index in [0.717, 1.165) is 12.1 Å². The Bertz CT molecular complexity index is 421. The Morgan fingerprint density at radius 3 is 2.74 bits per heavy atom. The fourth-order valence-corrected chi connectivity index (χ4v) is 2.53. The molecule has 0 amide bonds. The van der Waals surface area contributed by atoms with Gasteiger partial charge in [-0.3, -0.25) is 4.90 Å². The van der Waals surface area contributed by atoms with Gasteiger partial charge >= 0.3 is 0 Å². The molecule has 0 aromatic heterocycles. The first-order valence-corrected chi connectivity index (χ1v) is 6.88. The minimum absolute atomic E-state index is 0.155. The van der Waals surface area contributed by atoms with E-state index in [4.69, 9.17) is 10.5 Å². The maximum absolute atomic E-state index is 13.4. The SMILES string of the molecule is COCCN(C1CC1)C(CN)c1ccc(F)c(C)c1. The van der Waals surface area contributed by atoms with E-state index in [-0.39, 0.29) is 11.9 Å². The zero-order valence-electron chi connectivity index (χ0n) is 11.7. The van der Waals surface area contributed by atoms with Gasteiger partial charge < -0.3 is 10.5 Å². The third-order valence-corrected chi connectivity index (χ3v) is 3.76. The summed E-state index contributed by atoms with van der Waals surface area (Å²) in [6.07, 6.45) is 2.45. The van der Waals surface area contributed by atoms with Crippen molar-refractivity contribution in [2.75, 3.05) is 26.8 Å². The number of halogens is 1. The Labute approximate surface area is 114 Å². The molecule has 1 aliphatic carbocycles. The summed E-state index contributed by atoms with van der Waals surface area (Å²) in [5.74, 6) is -0.158. The zero-order valence-corrected chi connectivity index (χ0v) is 11.7. The Kier molecular flexibility index (Phi) is 4.91. The summed E-state index contributed by atoms with van der Waals surface area (Å²) in [5, 5.41) is 0. The molecule has 106 valence electrons. The number of benzene rings is 1. The van der Waals surface area contributed by atoms with Gasteiger partial charge in [-0.1, -0.05) is 12.1 Å². The third-order valence-electron chi connectivity index (χ3n) is 3.76. The summed E-state index contributed by atoms with van der Waals surface area (Å²) in [6.45, 7) is 3.92. The molecule has 0 aliphatic heterocycles. The first-order valence-electron chi connectivity index (χ1n) is 6.88. The summed E-state index contributed by atoms with van der Waals surface area (Å²) >= 11 is 0. The molecule has 0 saturated heterocycles. The molecule has 1 unspecified atom stereocenters. The van der Waals surface area contributed by atoms with Crippen molar-refractivity contribution in [1.29, 1.82) is 0 Å². The largest absolute Gasteiger partial charge is 0.383 e.